The average Bonchev–Trinajstić information content (AvgIpc) is 3.07. The van der Waals surface area contributed by atoms with E-state index in [1.54, 1.807) is 11.0 Å². The van der Waals surface area contributed by atoms with Gasteiger partial charge in [-0.25, -0.2) is 15.0 Å². The van der Waals surface area contributed by atoms with Crippen molar-refractivity contribution in [3.63, 3.8) is 0 Å². The average molecular weight is 288 g/mol. The van der Waals surface area contributed by atoms with Crippen LogP contribution in [0.25, 0.3) is 11.2 Å². The van der Waals surface area contributed by atoms with E-state index in [9.17, 15) is 10.1 Å². The molecule has 10 heteroatoms. The quantitative estimate of drug-likeness (QED) is 0.537. The normalized spacial score (nSPS) is 11.0. The molecule has 0 aliphatic rings. The van der Waals surface area contributed by atoms with E-state index in [0.717, 1.165) is 6.42 Å². The smallest absolute Gasteiger partial charge is 0.306 e. The van der Waals surface area contributed by atoms with Gasteiger partial charge in [-0.2, -0.15) is 5.10 Å². The molecule has 3 rings (SSSR count). The number of imidazole rings is 1. The van der Waals surface area contributed by atoms with Crippen LogP contribution in [0.4, 0.5) is 11.5 Å². The Bertz CT molecular complexity index is 792. The van der Waals surface area contributed by atoms with Crippen LogP contribution in [0.15, 0.2) is 25.0 Å². The molecule has 2 N–H and O–H groups in total. The van der Waals surface area contributed by atoms with Crippen LogP contribution in [-0.2, 0) is 13.1 Å². The van der Waals surface area contributed by atoms with Gasteiger partial charge in [0.05, 0.1) is 11.3 Å². The van der Waals surface area contributed by atoms with Gasteiger partial charge in [-0.15, -0.1) is 0 Å². The van der Waals surface area contributed by atoms with Crippen molar-refractivity contribution < 1.29 is 4.92 Å². The molecule has 0 unspecified atom stereocenters. The Kier molecular flexibility index (Phi) is 3.18. The minimum absolute atomic E-state index is 0.0106. The Morgan fingerprint density at radius 3 is 2.90 bits per heavy atom. The standard InChI is InChI=1S/C11H12N8O2/c12-10-9-11(14-6-13-10)17(7-15-9)2-1-3-18-5-8(4-16-18)19(20)21/h4-7H,1-3H2,(H2,12,13,14). The van der Waals surface area contributed by atoms with Gasteiger partial charge in [0.15, 0.2) is 11.5 Å². The van der Waals surface area contributed by atoms with E-state index < -0.39 is 4.92 Å². The van der Waals surface area contributed by atoms with Crippen molar-refractivity contribution in [1.82, 2.24) is 29.3 Å². The van der Waals surface area contributed by atoms with Gasteiger partial charge < -0.3 is 10.3 Å². The molecule has 108 valence electrons. The lowest BCUT2D eigenvalue weighted by Gasteiger charge is -2.03. The van der Waals surface area contributed by atoms with E-state index in [0.29, 0.717) is 30.1 Å². The number of aryl methyl sites for hydroxylation is 2. The number of aromatic nitrogens is 6. The number of nitrogens with zero attached hydrogens (tertiary/aromatic N) is 7. The van der Waals surface area contributed by atoms with Gasteiger partial charge in [-0.1, -0.05) is 0 Å². The highest BCUT2D eigenvalue weighted by atomic mass is 16.6. The van der Waals surface area contributed by atoms with Crippen LogP contribution in [0, 0.1) is 10.1 Å². The number of hydrogen-bond acceptors (Lipinski definition) is 7. The molecule has 0 atom stereocenters. The lowest BCUT2D eigenvalue weighted by Crippen LogP contribution is -2.04. The Balaban J connectivity index is 1.66. The van der Waals surface area contributed by atoms with Crippen LogP contribution < -0.4 is 5.73 Å². The van der Waals surface area contributed by atoms with Crippen molar-refractivity contribution in [2.75, 3.05) is 5.73 Å². The van der Waals surface area contributed by atoms with E-state index in [1.807, 2.05) is 4.57 Å². The fraction of sp³-hybridized carbons (Fsp3) is 0.273. The van der Waals surface area contributed by atoms with Gasteiger partial charge in [0.1, 0.15) is 24.2 Å². The van der Waals surface area contributed by atoms with Crippen LogP contribution in [0.3, 0.4) is 0 Å². The minimum Gasteiger partial charge on any atom is -0.382 e. The summed E-state index contributed by atoms with van der Waals surface area (Å²) in [4.78, 5) is 22.3. The molecule has 0 aliphatic carbocycles. The number of nitro groups is 1. The molecule has 0 saturated carbocycles. The van der Waals surface area contributed by atoms with Gasteiger partial charge in [-0.05, 0) is 6.42 Å². The first-order valence-electron chi connectivity index (χ1n) is 6.23. The summed E-state index contributed by atoms with van der Waals surface area (Å²) in [5.74, 6) is 0.349. The van der Waals surface area contributed by atoms with Gasteiger partial charge in [0.25, 0.3) is 0 Å². The zero-order chi connectivity index (χ0) is 14.8. The summed E-state index contributed by atoms with van der Waals surface area (Å²) in [6.45, 7) is 1.22. The molecule has 21 heavy (non-hydrogen) atoms. The number of fused-ring (bicyclic) bond motifs is 1. The molecule has 0 spiro atoms. The SMILES string of the molecule is Nc1ncnc2c1ncn2CCCn1cc([N+](=O)[O-])cn1. The predicted molar refractivity (Wildman–Crippen MR) is 73.2 cm³/mol. The first kappa shape index (κ1) is 13.0. The summed E-state index contributed by atoms with van der Waals surface area (Å²) in [6, 6.07) is 0. The lowest BCUT2D eigenvalue weighted by molar-refractivity contribution is -0.385. The molecule has 3 aromatic rings. The van der Waals surface area contributed by atoms with Crippen LogP contribution in [0.1, 0.15) is 6.42 Å². The Morgan fingerprint density at radius 1 is 1.29 bits per heavy atom. The summed E-state index contributed by atoms with van der Waals surface area (Å²) in [6.07, 6.45) is 6.43. The van der Waals surface area contributed by atoms with E-state index in [4.69, 9.17) is 5.73 Å². The number of nitrogens with two attached hydrogens (primary N) is 1. The van der Waals surface area contributed by atoms with Gasteiger partial charge in [0, 0.05) is 13.1 Å². The van der Waals surface area contributed by atoms with Crippen molar-refractivity contribution >= 4 is 22.7 Å². The molecule has 10 nitrogen and oxygen atoms in total. The van der Waals surface area contributed by atoms with Crippen molar-refractivity contribution in [2.45, 2.75) is 19.5 Å². The molecule has 3 aromatic heterocycles. The second-order valence-corrected chi connectivity index (χ2v) is 4.44. The summed E-state index contributed by atoms with van der Waals surface area (Å²) < 4.78 is 3.41. The molecule has 0 bridgehead atoms. The molecule has 3 heterocycles. The fourth-order valence-corrected chi connectivity index (χ4v) is 2.03. The topological polar surface area (TPSA) is 131 Å². The van der Waals surface area contributed by atoms with Crippen molar-refractivity contribution in [3.05, 3.63) is 35.2 Å². The van der Waals surface area contributed by atoms with Crippen LogP contribution in [-0.4, -0.2) is 34.2 Å². The first-order valence-corrected chi connectivity index (χ1v) is 6.23. The lowest BCUT2D eigenvalue weighted by atomic mass is 10.4. The highest BCUT2D eigenvalue weighted by molar-refractivity contribution is 5.80. The maximum Gasteiger partial charge on any atom is 0.306 e. The third kappa shape index (κ3) is 2.50. The number of nitrogen functional groups attached to an aromatic ring is 1. The third-order valence-electron chi connectivity index (χ3n) is 3.05. The number of anilines is 1. The number of rotatable bonds is 5. The molecule has 0 saturated heterocycles. The summed E-state index contributed by atoms with van der Waals surface area (Å²) in [5.41, 5.74) is 6.96. The summed E-state index contributed by atoms with van der Waals surface area (Å²) in [5, 5.41) is 14.5. The van der Waals surface area contributed by atoms with Crippen molar-refractivity contribution in [3.8, 4) is 0 Å². The highest BCUT2D eigenvalue weighted by Gasteiger charge is 2.09. The van der Waals surface area contributed by atoms with Crippen LogP contribution in [0.5, 0.6) is 0 Å². The zero-order valence-electron chi connectivity index (χ0n) is 11.0. The number of hydrogen-bond donors (Lipinski definition) is 1. The summed E-state index contributed by atoms with van der Waals surface area (Å²) in [7, 11) is 0. The van der Waals surface area contributed by atoms with Gasteiger partial charge >= 0.3 is 5.69 Å². The summed E-state index contributed by atoms with van der Waals surface area (Å²) >= 11 is 0. The van der Waals surface area contributed by atoms with E-state index in [-0.39, 0.29) is 5.69 Å². The van der Waals surface area contributed by atoms with Gasteiger partial charge in [-0.3, -0.25) is 14.8 Å². The Labute approximate surface area is 118 Å². The second-order valence-electron chi connectivity index (χ2n) is 4.44. The van der Waals surface area contributed by atoms with Crippen LogP contribution >= 0.6 is 0 Å². The largest absolute Gasteiger partial charge is 0.382 e. The Morgan fingerprint density at radius 2 is 2.14 bits per heavy atom. The first-order chi connectivity index (χ1) is 10.1. The molecular formula is C11H12N8O2. The maximum atomic E-state index is 10.6. The highest BCUT2D eigenvalue weighted by Crippen LogP contribution is 2.14. The fourth-order valence-electron chi connectivity index (χ4n) is 2.03. The van der Waals surface area contributed by atoms with E-state index in [2.05, 4.69) is 20.1 Å². The molecule has 0 amide bonds. The van der Waals surface area contributed by atoms with Crippen LogP contribution in [0.2, 0.25) is 0 Å². The van der Waals surface area contributed by atoms with E-state index in [1.165, 1.54) is 18.7 Å². The minimum atomic E-state index is -0.466. The molecule has 0 radical (unpaired) electrons. The van der Waals surface area contributed by atoms with Crippen molar-refractivity contribution in [1.29, 1.82) is 0 Å². The van der Waals surface area contributed by atoms with Crippen molar-refractivity contribution in [2.24, 2.45) is 0 Å². The molecule has 0 aliphatic heterocycles. The predicted octanol–water partition coefficient (Wildman–Crippen LogP) is 0.603. The van der Waals surface area contributed by atoms with Gasteiger partial charge in [0.2, 0.25) is 0 Å². The molecular weight excluding hydrogens is 276 g/mol. The van der Waals surface area contributed by atoms with E-state index >= 15 is 0 Å². The second kappa shape index (κ2) is 5.15. The molecule has 0 fully saturated rings. The molecule has 0 aromatic carbocycles. The monoisotopic (exact) mass is 288 g/mol. The zero-order valence-corrected chi connectivity index (χ0v) is 11.0. The Hall–Kier alpha value is -3.04. The maximum absolute atomic E-state index is 10.6. The third-order valence-corrected chi connectivity index (χ3v) is 3.05.